The highest BCUT2D eigenvalue weighted by atomic mass is 32.2. The van der Waals surface area contributed by atoms with E-state index in [1.165, 1.54) is 11.8 Å². The summed E-state index contributed by atoms with van der Waals surface area (Å²) in [5, 5.41) is 5.31. The van der Waals surface area contributed by atoms with Gasteiger partial charge in [0.25, 0.3) is 5.56 Å². The lowest BCUT2D eigenvalue weighted by atomic mass is 10.1. The first-order valence-electron chi connectivity index (χ1n) is 9.10. The standard InChI is InChI=1S/C22H21N3O2S/c1-13-8-7-11-20(14(13)2)25-21(26)17-9-5-6-10-19(17)23-22(25)28-12-18-15(3)24-27-16(18)4/h5-11H,12H2,1-4H3. The van der Waals surface area contributed by atoms with Gasteiger partial charge in [0.1, 0.15) is 5.76 Å². The van der Waals surface area contributed by atoms with Crippen LogP contribution in [0, 0.1) is 27.7 Å². The van der Waals surface area contributed by atoms with Crippen LogP contribution in [0.5, 0.6) is 0 Å². The van der Waals surface area contributed by atoms with Gasteiger partial charge in [-0.05, 0) is 57.0 Å². The fourth-order valence-corrected chi connectivity index (χ4v) is 4.40. The molecule has 0 radical (unpaired) electrons. The molecule has 5 nitrogen and oxygen atoms in total. The first-order valence-corrected chi connectivity index (χ1v) is 10.1. The van der Waals surface area contributed by atoms with Crippen molar-refractivity contribution >= 4 is 22.7 Å². The largest absolute Gasteiger partial charge is 0.361 e. The predicted molar refractivity (Wildman–Crippen MR) is 112 cm³/mol. The first kappa shape index (κ1) is 18.5. The smallest absolute Gasteiger partial charge is 0.266 e. The number of fused-ring (bicyclic) bond motifs is 1. The third kappa shape index (κ3) is 3.14. The Morgan fingerprint density at radius 3 is 2.57 bits per heavy atom. The second kappa shape index (κ2) is 7.28. The Balaban J connectivity index is 1.91. The summed E-state index contributed by atoms with van der Waals surface area (Å²) in [6, 6.07) is 13.5. The number of thioether (sulfide) groups is 1. The minimum atomic E-state index is -0.0550. The maximum Gasteiger partial charge on any atom is 0.266 e. The monoisotopic (exact) mass is 391 g/mol. The normalized spacial score (nSPS) is 11.3. The van der Waals surface area contributed by atoms with Crippen LogP contribution in [-0.2, 0) is 5.75 Å². The van der Waals surface area contributed by atoms with Gasteiger partial charge >= 0.3 is 0 Å². The Hall–Kier alpha value is -2.86. The Labute approximate surface area is 167 Å². The van der Waals surface area contributed by atoms with Crippen molar-refractivity contribution in [2.75, 3.05) is 0 Å². The van der Waals surface area contributed by atoms with Crippen molar-refractivity contribution in [1.82, 2.24) is 14.7 Å². The van der Waals surface area contributed by atoms with Crippen molar-refractivity contribution < 1.29 is 4.52 Å². The SMILES string of the molecule is Cc1cccc(-n2c(SCc3c(C)noc3C)nc3ccccc3c2=O)c1C. The van der Waals surface area contributed by atoms with Gasteiger partial charge in [-0.15, -0.1) is 0 Å². The van der Waals surface area contributed by atoms with Crippen molar-refractivity contribution in [2.45, 2.75) is 38.6 Å². The number of aryl methyl sites for hydroxylation is 3. The molecule has 28 heavy (non-hydrogen) atoms. The zero-order chi connectivity index (χ0) is 19.8. The van der Waals surface area contributed by atoms with Gasteiger partial charge in [-0.3, -0.25) is 9.36 Å². The molecule has 4 aromatic rings. The van der Waals surface area contributed by atoms with E-state index in [0.717, 1.165) is 33.8 Å². The average molecular weight is 391 g/mol. The molecule has 142 valence electrons. The summed E-state index contributed by atoms with van der Waals surface area (Å²) in [5.74, 6) is 1.43. The number of rotatable bonds is 4. The maximum atomic E-state index is 13.4. The Morgan fingerprint density at radius 2 is 1.82 bits per heavy atom. The number of benzene rings is 2. The molecule has 0 atom stereocenters. The summed E-state index contributed by atoms with van der Waals surface area (Å²) in [6.07, 6.45) is 0. The van der Waals surface area contributed by atoms with Crippen molar-refractivity contribution in [3.63, 3.8) is 0 Å². The molecule has 0 amide bonds. The van der Waals surface area contributed by atoms with Gasteiger partial charge in [0.05, 0.1) is 22.3 Å². The van der Waals surface area contributed by atoms with Crippen LogP contribution in [0.15, 0.2) is 56.9 Å². The second-order valence-corrected chi connectivity index (χ2v) is 7.81. The van der Waals surface area contributed by atoms with E-state index >= 15 is 0 Å². The molecule has 0 bridgehead atoms. The molecule has 0 aliphatic rings. The molecular formula is C22H21N3O2S. The molecule has 0 fully saturated rings. The van der Waals surface area contributed by atoms with Crippen molar-refractivity contribution in [2.24, 2.45) is 0 Å². The van der Waals surface area contributed by atoms with Crippen LogP contribution in [0.3, 0.4) is 0 Å². The van der Waals surface area contributed by atoms with Crippen LogP contribution < -0.4 is 5.56 Å². The fourth-order valence-electron chi connectivity index (χ4n) is 3.24. The summed E-state index contributed by atoms with van der Waals surface area (Å²) < 4.78 is 7.00. The molecule has 6 heteroatoms. The number of aromatic nitrogens is 3. The molecule has 0 aliphatic heterocycles. The fraction of sp³-hybridized carbons (Fsp3) is 0.227. The van der Waals surface area contributed by atoms with Gasteiger partial charge in [0.2, 0.25) is 0 Å². The third-order valence-corrected chi connectivity index (χ3v) is 6.05. The Bertz CT molecular complexity index is 1220. The second-order valence-electron chi connectivity index (χ2n) is 6.86. The van der Waals surface area contributed by atoms with E-state index in [4.69, 9.17) is 9.51 Å². The number of para-hydroxylation sites is 1. The zero-order valence-corrected chi connectivity index (χ0v) is 17.1. The molecule has 2 aromatic carbocycles. The van der Waals surface area contributed by atoms with Gasteiger partial charge in [-0.25, -0.2) is 4.98 Å². The topological polar surface area (TPSA) is 60.9 Å². The summed E-state index contributed by atoms with van der Waals surface area (Å²) in [4.78, 5) is 18.2. The van der Waals surface area contributed by atoms with E-state index in [0.29, 0.717) is 21.8 Å². The number of hydrogen-bond acceptors (Lipinski definition) is 5. The number of hydrogen-bond donors (Lipinski definition) is 0. The van der Waals surface area contributed by atoms with E-state index in [2.05, 4.69) is 18.1 Å². The average Bonchev–Trinajstić information content (AvgIpc) is 3.01. The zero-order valence-electron chi connectivity index (χ0n) is 16.3. The van der Waals surface area contributed by atoms with Gasteiger partial charge < -0.3 is 4.52 Å². The Morgan fingerprint density at radius 1 is 1.04 bits per heavy atom. The molecule has 0 spiro atoms. The van der Waals surface area contributed by atoms with Crippen LogP contribution in [0.25, 0.3) is 16.6 Å². The van der Waals surface area contributed by atoms with E-state index < -0.39 is 0 Å². The molecule has 0 aliphatic carbocycles. The summed E-state index contributed by atoms with van der Waals surface area (Å²) in [5.41, 5.74) is 5.63. The number of nitrogens with zero attached hydrogens (tertiary/aromatic N) is 3. The highest BCUT2D eigenvalue weighted by Gasteiger charge is 2.17. The lowest BCUT2D eigenvalue weighted by molar-refractivity contribution is 0.392. The van der Waals surface area contributed by atoms with E-state index in [1.54, 1.807) is 4.57 Å². The van der Waals surface area contributed by atoms with Gasteiger partial charge in [-0.2, -0.15) is 0 Å². The van der Waals surface area contributed by atoms with Gasteiger partial charge in [0, 0.05) is 11.3 Å². The van der Waals surface area contributed by atoms with Gasteiger partial charge in [0.15, 0.2) is 5.16 Å². The van der Waals surface area contributed by atoms with Crippen LogP contribution in [0.4, 0.5) is 0 Å². The highest BCUT2D eigenvalue weighted by molar-refractivity contribution is 7.98. The predicted octanol–water partition coefficient (Wildman–Crippen LogP) is 4.90. The highest BCUT2D eigenvalue weighted by Crippen LogP contribution is 2.28. The molecule has 2 heterocycles. The molecule has 0 saturated carbocycles. The molecule has 4 rings (SSSR count). The van der Waals surface area contributed by atoms with Crippen LogP contribution in [0.1, 0.15) is 28.1 Å². The van der Waals surface area contributed by atoms with Crippen LogP contribution >= 0.6 is 11.8 Å². The minimum absolute atomic E-state index is 0.0550. The first-order chi connectivity index (χ1) is 13.5. The lowest BCUT2D eigenvalue weighted by Crippen LogP contribution is -2.22. The van der Waals surface area contributed by atoms with Crippen molar-refractivity contribution in [1.29, 1.82) is 0 Å². The van der Waals surface area contributed by atoms with E-state index in [9.17, 15) is 4.79 Å². The Kier molecular flexibility index (Phi) is 4.81. The molecular weight excluding hydrogens is 370 g/mol. The maximum absolute atomic E-state index is 13.4. The van der Waals surface area contributed by atoms with Gasteiger partial charge in [-0.1, -0.05) is 41.2 Å². The minimum Gasteiger partial charge on any atom is -0.361 e. The molecule has 0 N–H and O–H groups in total. The summed E-state index contributed by atoms with van der Waals surface area (Å²) in [7, 11) is 0. The lowest BCUT2D eigenvalue weighted by Gasteiger charge is -2.16. The van der Waals surface area contributed by atoms with E-state index in [-0.39, 0.29) is 5.56 Å². The molecule has 2 aromatic heterocycles. The quantitative estimate of drug-likeness (QED) is 0.366. The summed E-state index contributed by atoms with van der Waals surface area (Å²) >= 11 is 1.52. The van der Waals surface area contributed by atoms with E-state index in [1.807, 2.05) is 57.2 Å². The van der Waals surface area contributed by atoms with Crippen molar-refractivity contribution in [3.8, 4) is 5.69 Å². The molecule has 0 unspecified atom stereocenters. The third-order valence-electron chi connectivity index (χ3n) is 5.09. The van der Waals surface area contributed by atoms with Crippen LogP contribution in [-0.4, -0.2) is 14.7 Å². The molecule has 0 saturated heterocycles. The van der Waals surface area contributed by atoms with Crippen LogP contribution in [0.2, 0.25) is 0 Å². The summed E-state index contributed by atoms with van der Waals surface area (Å²) in [6.45, 7) is 7.92. The van der Waals surface area contributed by atoms with Crippen molar-refractivity contribution in [3.05, 3.63) is 81.0 Å².